The molecule has 1 aromatic heterocycles. The predicted octanol–water partition coefficient (Wildman–Crippen LogP) is 1.84. The van der Waals surface area contributed by atoms with Gasteiger partial charge in [0.15, 0.2) is 0 Å². The van der Waals surface area contributed by atoms with Crippen LogP contribution in [0.4, 0.5) is 5.82 Å². The molecule has 0 aliphatic carbocycles. The molecule has 0 radical (unpaired) electrons. The molecule has 1 saturated heterocycles. The Balaban J connectivity index is 1.59. The maximum atomic E-state index is 12.9. The number of nitro groups is 1. The first-order valence-electron chi connectivity index (χ1n) is 9.78. The van der Waals surface area contributed by atoms with Crippen LogP contribution in [-0.2, 0) is 21.4 Å². The number of piperazine rings is 1. The SMILES string of the molecule is CCC(C)c1ccc(S(=O)(=O)N2CCN(C(=O)Cn3ccc([N+](=O)[O-])n3)CC2)cc1. The van der Waals surface area contributed by atoms with Crippen molar-refractivity contribution in [3.05, 3.63) is 52.2 Å². The largest absolute Gasteiger partial charge is 0.389 e. The molecule has 0 spiro atoms. The van der Waals surface area contributed by atoms with Gasteiger partial charge in [0.05, 0.1) is 22.3 Å². The van der Waals surface area contributed by atoms with Crippen molar-refractivity contribution < 1.29 is 18.1 Å². The molecule has 30 heavy (non-hydrogen) atoms. The molecule has 11 heteroatoms. The van der Waals surface area contributed by atoms with Crippen molar-refractivity contribution in [2.45, 2.75) is 37.6 Å². The molecular formula is C19H25N5O5S. The second kappa shape index (κ2) is 8.92. The summed E-state index contributed by atoms with van der Waals surface area (Å²) in [6.07, 6.45) is 2.35. The van der Waals surface area contributed by atoms with Gasteiger partial charge in [-0.2, -0.15) is 8.99 Å². The Hall–Kier alpha value is -2.79. The number of amides is 1. The third kappa shape index (κ3) is 4.68. The van der Waals surface area contributed by atoms with Crippen LogP contribution in [0.5, 0.6) is 0 Å². The van der Waals surface area contributed by atoms with Crippen LogP contribution in [0.25, 0.3) is 0 Å². The molecule has 0 bridgehead atoms. The van der Waals surface area contributed by atoms with Gasteiger partial charge in [0, 0.05) is 26.2 Å². The lowest BCUT2D eigenvalue weighted by Crippen LogP contribution is -2.51. The van der Waals surface area contributed by atoms with Gasteiger partial charge in [0.1, 0.15) is 6.54 Å². The summed E-state index contributed by atoms with van der Waals surface area (Å²) < 4.78 is 28.4. The molecule has 2 heterocycles. The maximum Gasteiger partial charge on any atom is 0.389 e. The van der Waals surface area contributed by atoms with Crippen LogP contribution in [0, 0.1) is 10.1 Å². The normalized spacial score (nSPS) is 16.4. The Labute approximate surface area is 175 Å². The molecule has 2 aromatic rings. The van der Waals surface area contributed by atoms with Crippen molar-refractivity contribution >= 4 is 21.7 Å². The van der Waals surface area contributed by atoms with Crippen LogP contribution in [0.2, 0.25) is 0 Å². The first kappa shape index (κ1) is 21.9. The fourth-order valence-electron chi connectivity index (χ4n) is 3.31. The second-order valence-electron chi connectivity index (χ2n) is 7.29. The van der Waals surface area contributed by atoms with E-state index < -0.39 is 14.9 Å². The Morgan fingerprint density at radius 3 is 2.33 bits per heavy atom. The van der Waals surface area contributed by atoms with E-state index in [2.05, 4.69) is 18.9 Å². The number of carbonyl (C=O) groups excluding carboxylic acids is 1. The Morgan fingerprint density at radius 2 is 1.80 bits per heavy atom. The summed E-state index contributed by atoms with van der Waals surface area (Å²) in [6, 6.07) is 8.20. The van der Waals surface area contributed by atoms with Gasteiger partial charge in [0.25, 0.3) is 0 Å². The number of hydrogen-bond acceptors (Lipinski definition) is 6. The quantitative estimate of drug-likeness (QED) is 0.484. The molecule has 162 valence electrons. The zero-order valence-electron chi connectivity index (χ0n) is 17.0. The first-order chi connectivity index (χ1) is 14.2. The van der Waals surface area contributed by atoms with Crippen molar-refractivity contribution in [1.29, 1.82) is 0 Å². The summed E-state index contributed by atoms with van der Waals surface area (Å²) >= 11 is 0. The molecule has 1 aromatic carbocycles. The molecule has 0 saturated carbocycles. The van der Waals surface area contributed by atoms with Crippen LogP contribution in [-0.4, -0.2) is 64.4 Å². The summed E-state index contributed by atoms with van der Waals surface area (Å²) in [6.45, 7) is 4.96. The molecule has 1 fully saturated rings. The van der Waals surface area contributed by atoms with Gasteiger partial charge in [-0.1, -0.05) is 26.0 Å². The van der Waals surface area contributed by atoms with E-state index in [-0.39, 0.29) is 49.3 Å². The van der Waals surface area contributed by atoms with Gasteiger partial charge in [0.2, 0.25) is 15.9 Å². The van der Waals surface area contributed by atoms with Crippen molar-refractivity contribution in [2.75, 3.05) is 26.2 Å². The number of aromatic nitrogens is 2. The molecule has 3 rings (SSSR count). The number of sulfonamides is 1. The van der Waals surface area contributed by atoms with Crippen molar-refractivity contribution in [1.82, 2.24) is 19.0 Å². The summed E-state index contributed by atoms with van der Waals surface area (Å²) in [7, 11) is -3.62. The van der Waals surface area contributed by atoms with Crippen LogP contribution < -0.4 is 0 Å². The highest BCUT2D eigenvalue weighted by Crippen LogP contribution is 2.23. The average molecular weight is 436 g/mol. The van der Waals surface area contributed by atoms with E-state index >= 15 is 0 Å². The molecule has 0 N–H and O–H groups in total. The van der Waals surface area contributed by atoms with Crippen LogP contribution in [0.15, 0.2) is 41.4 Å². The van der Waals surface area contributed by atoms with Crippen molar-refractivity contribution in [3.63, 3.8) is 0 Å². The highest BCUT2D eigenvalue weighted by atomic mass is 32.2. The molecular weight excluding hydrogens is 410 g/mol. The lowest BCUT2D eigenvalue weighted by atomic mass is 9.99. The molecule has 10 nitrogen and oxygen atoms in total. The Morgan fingerprint density at radius 1 is 1.17 bits per heavy atom. The lowest BCUT2D eigenvalue weighted by Gasteiger charge is -2.33. The fraction of sp³-hybridized carbons (Fsp3) is 0.474. The van der Waals surface area contributed by atoms with Crippen LogP contribution in [0.3, 0.4) is 0 Å². The van der Waals surface area contributed by atoms with Crippen molar-refractivity contribution in [2.24, 2.45) is 0 Å². The van der Waals surface area contributed by atoms with Gasteiger partial charge in [-0.05, 0) is 35.0 Å². The lowest BCUT2D eigenvalue weighted by molar-refractivity contribution is -0.389. The topological polar surface area (TPSA) is 119 Å². The van der Waals surface area contributed by atoms with E-state index in [1.54, 1.807) is 17.0 Å². The zero-order valence-corrected chi connectivity index (χ0v) is 17.8. The van der Waals surface area contributed by atoms with E-state index in [4.69, 9.17) is 0 Å². The fourth-order valence-corrected chi connectivity index (χ4v) is 4.73. The maximum absolute atomic E-state index is 12.9. The molecule has 1 aliphatic rings. The molecule has 1 aliphatic heterocycles. The van der Waals surface area contributed by atoms with Gasteiger partial charge in [-0.25, -0.2) is 8.42 Å². The number of rotatable bonds is 7. The van der Waals surface area contributed by atoms with Gasteiger partial charge >= 0.3 is 5.82 Å². The van der Waals surface area contributed by atoms with Gasteiger partial charge in [-0.3, -0.25) is 4.79 Å². The summed E-state index contributed by atoms with van der Waals surface area (Å²) in [5.74, 6) is -0.214. The number of benzene rings is 1. The van der Waals surface area contributed by atoms with E-state index in [1.807, 2.05) is 12.1 Å². The second-order valence-corrected chi connectivity index (χ2v) is 9.23. The summed E-state index contributed by atoms with van der Waals surface area (Å²) in [4.78, 5) is 24.3. The Kier molecular flexibility index (Phi) is 6.52. The Bertz CT molecular complexity index is 1010. The minimum Gasteiger partial charge on any atom is -0.358 e. The van der Waals surface area contributed by atoms with E-state index in [0.717, 1.165) is 12.0 Å². The molecule has 1 amide bonds. The average Bonchev–Trinajstić information content (AvgIpc) is 3.22. The standard InChI is InChI=1S/C19H25N5O5S/c1-3-15(2)16-4-6-17(7-5-16)30(28,29)23-12-10-21(11-13-23)19(25)14-22-9-8-18(20-22)24(26)27/h4-9,15H,3,10-14H2,1-2H3. The first-order valence-corrected chi connectivity index (χ1v) is 11.2. The highest BCUT2D eigenvalue weighted by molar-refractivity contribution is 7.89. The van der Waals surface area contributed by atoms with E-state index in [0.29, 0.717) is 5.92 Å². The minimum absolute atomic E-state index is 0.127. The third-order valence-corrected chi connectivity index (χ3v) is 7.31. The highest BCUT2D eigenvalue weighted by Gasteiger charge is 2.30. The van der Waals surface area contributed by atoms with Gasteiger partial charge < -0.3 is 15.0 Å². The molecule has 1 unspecified atom stereocenters. The predicted molar refractivity (Wildman–Crippen MR) is 109 cm³/mol. The zero-order chi connectivity index (χ0) is 21.9. The minimum atomic E-state index is -3.62. The van der Waals surface area contributed by atoms with Crippen LogP contribution >= 0.6 is 0 Å². The van der Waals surface area contributed by atoms with E-state index in [9.17, 15) is 23.3 Å². The number of nitrogens with zero attached hydrogens (tertiary/aromatic N) is 5. The van der Waals surface area contributed by atoms with Crippen molar-refractivity contribution in [3.8, 4) is 0 Å². The number of carbonyl (C=O) groups is 1. The summed E-state index contributed by atoms with van der Waals surface area (Å²) in [5, 5.41) is 14.4. The third-order valence-electron chi connectivity index (χ3n) is 5.40. The monoisotopic (exact) mass is 435 g/mol. The molecule has 1 atom stereocenters. The van der Waals surface area contributed by atoms with E-state index in [1.165, 1.54) is 21.3 Å². The number of hydrogen-bond donors (Lipinski definition) is 0. The smallest absolute Gasteiger partial charge is 0.358 e. The summed E-state index contributed by atoms with van der Waals surface area (Å²) in [5.41, 5.74) is 1.10. The van der Waals surface area contributed by atoms with Crippen LogP contribution in [0.1, 0.15) is 31.7 Å². The van der Waals surface area contributed by atoms with Gasteiger partial charge in [-0.15, -0.1) is 0 Å².